The molecule has 8 heteroatoms. The molecule has 1 aliphatic carbocycles. The number of ether oxygens (including phenoxy) is 4. The number of carbonyl (C=O) groups excluding carboxylic acids is 2. The van der Waals surface area contributed by atoms with E-state index < -0.39 is 0 Å². The molecule has 3 aliphatic rings. The molecule has 2 aromatic rings. The van der Waals surface area contributed by atoms with E-state index in [4.69, 9.17) is 18.9 Å². The molecule has 2 aliphatic heterocycles. The number of hydrogen-bond donors (Lipinski definition) is 2. The van der Waals surface area contributed by atoms with Crippen LogP contribution < -0.4 is 20.1 Å². The third-order valence-electron chi connectivity index (χ3n) is 6.98. The fraction of sp³-hybridized carbons (Fsp3) is 0.462. The molecule has 2 amide bonds. The van der Waals surface area contributed by atoms with Crippen LogP contribution in [-0.2, 0) is 9.47 Å². The van der Waals surface area contributed by atoms with E-state index in [1.54, 1.807) is 20.2 Å². The van der Waals surface area contributed by atoms with E-state index in [-0.39, 0.29) is 32.7 Å². The molecule has 0 spiro atoms. The topological polar surface area (TPSA) is 95.1 Å². The number of carbonyl (C=O) groups is 2. The van der Waals surface area contributed by atoms with Gasteiger partial charge in [0.15, 0.2) is 0 Å². The van der Waals surface area contributed by atoms with Crippen LogP contribution >= 0.6 is 0 Å². The number of nitrogens with one attached hydrogen (secondary N) is 2. The summed E-state index contributed by atoms with van der Waals surface area (Å²) in [5.41, 5.74) is 2.65. The van der Waals surface area contributed by atoms with Gasteiger partial charge in [-0.2, -0.15) is 0 Å². The van der Waals surface area contributed by atoms with Crippen molar-refractivity contribution in [3.05, 3.63) is 58.7 Å². The number of rotatable bonds is 8. The Bertz CT molecular complexity index is 1100. The van der Waals surface area contributed by atoms with Crippen LogP contribution in [0.1, 0.15) is 47.5 Å². The highest BCUT2D eigenvalue weighted by Gasteiger charge is 2.54. The van der Waals surface area contributed by atoms with Crippen molar-refractivity contribution in [1.82, 2.24) is 10.6 Å². The predicted molar refractivity (Wildman–Crippen MR) is 129 cm³/mol. The van der Waals surface area contributed by atoms with Crippen molar-refractivity contribution in [2.45, 2.75) is 25.0 Å². The third kappa shape index (κ3) is 4.12. The quantitative estimate of drug-likeness (QED) is 0.576. The van der Waals surface area contributed by atoms with Crippen LogP contribution in [0.5, 0.6) is 11.5 Å². The molecular formula is C26H34N2O6. The van der Waals surface area contributed by atoms with Crippen LogP contribution in [0.25, 0.3) is 0 Å². The fourth-order valence-corrected chi connectivity index (χ4v) is 5.13. The monoisotopic (exact) mass is 470 g/mol. The summed E-state index contributed by atoms with van der Waals surface area (Å²) in [5.74, 6) is 1.44. The fourth-order valence-electron chi connectivity index (χ4n) is 5.13. The summed E-state index contributed by atoms with van der Waals surface area (Å²) in [6.07, 6.45) is -0.217. The van der Waals surface area contributed by atoms with Gasteiger partial charge in [-0.05, 0) is 36.8 Å². The van der Waals surface area contributed by atoms with Crippen LogP contribution in [0.3, 0.4) is 0 Å². The number of hydrogen-bond acceptors (Lipinski definition) is 6. The molecule has 1 saturated heterocycles. The predicted octanol–water partition coefficient (Wildman–Crippen LogP) is 2.85. The summed E-state index contributed by atoms with van der Waals surface area (Å²) < 4.78 is 22.5. The molecule has 8 nitrogen and oxygen atoms in total. The van der Waals surface area contributed by atoms with E-state index in [0.29, 0.717) is 55.1 Å². The molecule has 2 heterocycles. The molecule has 2 N–H and O–H groups in total. The van der Waals surface area contributed by atoms with Gasteiger partial charge < -0.3 is 29.6 Å². The molecule has 2 aromatic carbocycles. The maximum absolute atomic E-state index is 13.2. The Morgan fingerprint density at radius 1 is 1.12 bits per heavy atom. The minimum Gasteiger partial charge on any atom is -0.491 e. The van der Waals surface area contributed by atoms with Gasteiger partial charge in [0.2, 0.25) is 0 Å². The van der Waals surface area contributed by atoms with E-state index in [2.05, 4.69) is 10.6 Å². The first-order valence-corrected chi connectivity index (χ1v) is 11.7. The molecule has 184 valence electrons. The lowest BCUT2D eigenvalue weighted by Gasteiger charge is -2.17. The van der Waals surface area contributed by atoms with E-state index in [1.807, 2.05) is 37.3 Å². The Hall–Kier alpha value is -3.10. The highest BCUT2D eigenvalue weighted by atomic mass is 16.5. The summed E-state index contributed by atoms with van der Waals surface area (Å²) >= 11 is 0. The van der Waals surface area contributed by atoms with Crippen molar-refractivity contribution in [3.8, 4) is 11.5 Å². The lowest BCUT2D eigenvalue weighted by Crippen LogP contribution is -2.30. The largest absolute Gasteiger partial charge is 0.491 e. The Morgan fingerprint density at radius 2 is 1.91 bits per heavy atom. The van der Waals surface area contributed by atoms with Crippen LogP contribution in [0, 0.1) is 11.8 Å². The van der Waals surface area contributed by atoms with Gasteiger partial charge in [0.25, 0.3) is 11.8 Å². The zero-order valence-electron chi connectivity index (χ0n) is 19.6. The highest BCUT2D eigenvalue weighted by Crippen LogP contribution is 2.46. The molecule has 0 aromatic heterocycles. The van der Waals surface area contributed by atoms with Crippen molar-refractivity contribution in [3.63, 3.8) is 0 Å². The maximum atomic E-state index is 13.2. The first-order valence-electron chi connectivity index (χ1n) is 11.7. The molecule has 5 rings (SSSR count). The van der Waals surface area contributed by atoms with Crippen molar-refractivity contribution < 1.29 is 31.4 Å². The molecule has 5 atom stereocenters. The standard InChI is InChI=1S/C26H30N2O6.2H2/c1-14-22(15-5-4-6-17(9-15)33-8-7-31-3)18-10-16(11-19(24(18)34-14)26(30)27-2)25(29)28-23-20-12-32-13-21(20)23;;/h4-6,9-11,14,20-23H,7-8,12-13H2,1-3H3,(H,27,30)(H,28,29);2*1H/t14-,20-,21+,22-,23?;;/m1../s1. The molecule has 2 fully saturated rings. The Balaban J connectivity index is 0.00000180. The first-order chi connectivity index (χ1) is 16.5. The van der Waals surface area contributed by atoms with Gasteiger partial charge in [0.1, 0.15) is 24.2 Å². The second-order valence-corrected chi connectivity index (χ2v) is 9.10. The van der Waals surface area contributed by atoms with E-state index in [9.17, 15) is 9.59 Å². The Morgan fingerprint density at radius 3 is 2.65 bits per heavy atom. The molecule has 1 unspecified atom stereocenters. The van der Waals surface area contributed by atoms with Gasteiger partial charge in [0.05, 0.1) is 25.4 Å². The number of benzene rings is 2. The molecule has 0 bridgehead atoms. The molecule has 34 heavy (non-hydrogen) atoms. The van der Waals surface area contributed by atoms with Gasteiger partial charge in [-0.1, -0.05) is 12.1 Å². The van der Waals surface area contributed by atoms with Crippen molar-refractivity contribution in [2.75, 3.05) is 40.6 Å². The van der Waals surface area contributed by atoms with Gasteiger partial charge in [-0.25, -0.2) is 0 Å². The highest BCUT2D eigenvalue weighted by molar-refractivity contribution is 6.02. The zero-order valence-corrected chi connectivity index (χ0v) is 19.6. The second-order valence-electron chi connectivity index (χ2n) is 9.10. The van der Waals surface area contributed by atoms with Crippen LogP contribution in [0.4, 0.5) is 0 Å². The number of methoxy groups -OCH3 is 1. The summed E-state index contributed by atoms with van der Waals surface area (Å²) in [5, 5.41) is 5.80. The maximum Gasteiger partial charge on any atom is 0.254 e. The molecule has 0 radical (unpaired) electrons. The van der Waals surface area contributed by atoms with Crippen LogP contribution in [0.2, 0.25) is 0 Å². The van der Waals surface area contributed by atoms with E-state index in [1.165, 1.54) is 0 Å². The van der Waals surface area contributed by atoms with Crippen LogP contribution in [0.15, 0.2) is 36.4 Å². The summed E-state index contributed by atoms with van der Waals surface area (Å²) in [4.78, 5) is 25.9. The van der Waals surface area contributed by atoms with Crippen molar-refractivity contribution >= 4 is 11.8 Å². The summed E-state index contributed by atoms with van der Waals surface area (Å²) in [6.45, 7) is 4.31. The Labute approximate surface area is 201 Å². The lowest BCUT2D eigenvalue weighted by atomic mass is 9.86. The smallest absolute Gasteiger partial charge is 0.254 e. The molecule has 1 saturated carbocycles. The SMILES string of the molecule is CNC(=O)c1cc(C(=O)NC2[C@H]3COC[C@@H]23)cc2c1O[C@H](C)[C@@H]2c1cccc(OCCOC)c1.[HH].[HH]. The average molecular weight is 471 g/mol. The normalized spacial score (nSPS) is 26.3. The average Bonchev–Trinajstić information content (AvgIpc) is 3.15. The first kappa shape index (κ1) is 22.7. The number of fused-ring (bicyclic) bond motifs is 2. The third-order valence-corrected chi connectivity index (χ3v) is 6.98. The van der Waals surface area contributed by atoms with Crippen LogP contribution in [-0.4, -0.2) is 64.5 Å². The second kappa shape index (κ2) is 9.27. The van der Waals surface area contributed by atoms with Gasteiger partial charge in [0, 0.05) is 51.9 Å². The van der Waals surface area contributed by atoms with E-state index >= 15 is 0 Å². The minimum absolute atomic E-state index is 0. The van der Waals surface area contributed by atoms with Crippen molar-refractivity contribution in [2.24, 2.45) is 11.8 Å². The summed E-state index contributed by atoms with van der Waals surface area (Å²) in [7, 11) is 3.21. The van der Waals surface area contributed by atoms with Gasteiger partial charge >= 0.3 is 0 Å². The minimum atomic E-state index is -0.285. The molecular weight excluding hydrogens is 436 g/mol. The lowest BCUT2D eigenvalue weighted by molar-refractivity contribution is 0.0928. The summed E-state index contributed by atoms with van der Waals surface area (Å²) in [6, 6.07) is 11.5. The Kier molecular flexibility index (Phi) is 6.18. The van der Waals surface area contributed by atoms with Gasteiger partial charge in [-0.3, -0.25) is 9.59 Å². The number of amides is 2. The van der Waals surface area contributed by atoms with Gasteiger partial charge in [-0.15, -0.1) is 0 Å². The van der Waals surface area contributed by atoms with E-state index in [0.717, 1.165) is 16.9 Å². The van der Waals surface area contributed by atoms with Crippen molar-refractivity contribution in [1.29, 1.82) is 0 Å². The zero-order chi connectivity index (χ0) is 23.8.